The minimum atomic E-state index is 0. The van der Waals surface area contributed by atoms with E-state index in [0.717, 1.165) is 26.1 Å². The molecule has 1 aliphatic heterocycles. The summed E-state index contributed by atoms with van der Waals surface area (Å²) in [6, 6.07) is 9.08. The normalized spacial score (nSPS) is 24.9. The van der Waals surface area contributed by atoms with Crippen molar-refractivity contribution in [2.75, 3.05) is 19.6 Å². The third-order valence-electron chi connectivity index (χ3n) is 4.64. The van der Waals surface area contributed by atoms with Gasteiger partial charge in [-0.05, 0) is 43.2 Å². The third kappa shape index (κ3) is 3.78. The van der Waals surface area contributed by atoms with Gasteiger partial charge in [-0.2, -0.15) is 0 Å². The van der Waals surface area contributed by atoms with E-state index in [2.05, 4.69) is 36.5 Å². The number of nitrogens with one attached hydrogen (secondary N) is 1. The number of fused-ring (bicyclic) bond motifs is 1. The maximum absolute atomic E-state index is 12.5. The maximum atomic E-state index is 12.5. The number of piperazine rings is 1. The molecule has 0 aromatic heterocycles. The first-order valence-corrected chi connectivity index (χ1v) is 7.83. The second kappa shape index (κ2) is 7.28. The average Bonchev–Trinajstić information content (AvgIpc) is 2.47. The molecule has 1 aromatic carbocycles. The van der Waals surface area contributed by atoms with Crippen LogP contribution in [0.1, 0.15) is 43.2 Å². The number of rotatable bonds is 2. The number of carbonyl (C=O) groups is 1. The third-order valence-corrected chi connectivity index (χ3v) is 4.64. The summed E-state index contributed by atoms with van der Waals surface area (Å²) >= 11 is 0. The molecular weight excluding hydrogens is 284 g/mol. The Morgan fingerprint density at radius 3 is 3.00 bits per heavy atom. The number of amides is 1. The van der Waals surface area contributed by atoms with Gasteiger partial charge in [-0.3, -0.25) is 4.79 Å². The molecule has 3 nitrogen and oxygen atoms in total. The molecule has 116 valence electrons. The Morgan fingerprint density at radius 2 is 2.19 bits per heavy atom. The van der Waals surface area contributed by atoms with Gasteiger partial charge >= 0.3 is 0 Å². The van der Waals surface area contributed by atoms with Crippen LogP contribution in [0.2, 0.25) is 0 Å². The van der Waals surface area contributed by atoms with Crippen LogP contribution in [0.25, 0.3) is 0 Å². The molecular formula is C17H25ClN2O. The van der Waals surface area contributed by atoms with Gasteiger partial charge in [0, 0.05) is 32.1 Å². The smallest absolute Gasteiger partial charge is 0.223 e. The van der Waals surface area contributed by atoms with E-state index in [1.807, 2.05) is 4.90 Å². The van der Waals surface area contributed by atoms with Crippen molar-refractivity contribution in [2.24, 2.45) is 0 Å². The molecule has 0 spiro atoms. The highest BCUT2D eigenvalue weighted by atomic mass is 35.5. The summed E-state index contributed by atoms with van der Waals surface area (Å²) in [5, 5.41) is 3.39. The first kappa shape index (κ1) is 16.3. The molecule has 0 bridgehead atoms. The lowest BCUT2D eigenvalue weighted by Gasteiger charge is -2.34. The zero-order valence-electron chi connectivity index (χ0n) is 12.7. The van der Waals surface area contributed by atoms with Crippen molar-refractivity contribution in [2.45, 2.75) is 44.6 Å². The molecule has 1 N–H and O–H groups in total. The van der Waals surface area contributed by atoms with Crippen LogP contribution < -0.4 is 5.32 Å². The van der Waals surface area contributed by atoms with E-state index >= 15 is 0 Å². The molecule has 0 radical (unpaired) electrons. The quantitative estimate of drug-likeness (QED) is 0.911. The lowest BCUT2D eigenvalue weighted by Crippen LogP contribution is -2.51. The molecule has 4 heteroatoms. The van der Waals surface area contributed by atoms with Crippen LogP contribution in [-0.2, 0) is 11.2 Å². The molecule has 1 amide bonds. The molecule has 0 saturated carbocycles. The monoisotopic (exact) mass is 308 g/mol. The number of benzene rings is 1. The van der Waals surface area contributed by atoms with Gasteiger partial charge in [0.1, 0.15) is 0 Å². The van der Waals surface area contributed by atoms with Crippen molar-refractivity contribution in [3.8, 4) is 0 Å². The van der Waals surface area contributed by atoms with Crippen LogP contribution in [0.15, 0.2) is 24.3 Å². The molecule has 2 aliphatic rings. The molecule has 1 aromatic rings. The predicted molar refractivity (Wildman–Crippen MR) is 88.0 cm³/mol. The number of halogens is 1. The summed E-state index contributed by atoms with van der Waals surface area (Å²) in [6.45, 7) is 4.79. The lowest BCUT2D eigenvalue weighted by molar-refractivity contribution is -0.132. The van der Waals surface area contributed by atoms with Crippen LogP contribution in [0.3, 0.4) is 0 Å². The highest BCUT2D eigenvalue weighted by Gasteiger charge is 2.26. The van der Waals surface area contributed by atoms with Crippen LogP contribution in [0, 0.1) is 0 Å². The van der Waals surface area contributed by atoms with Crippen molar-refractivity contribution < 1.29 is 4.79 Å². The highest BCUT2D eigenvalue weighted by molar-refractivity contribution is 5.85. The van der Waals surface area contributed by atoms with E-state index in [1.54, 1.807) is 0 Å². The van der Waals surface area contributed by atoms with E-state index in [-0.39, 0.29) is 12.4 Å². The largest absolute Gasteiger partial charge is 0.340 e. The van der Waals surface area contributed by atoms with Gasteiger partial charge in [-0.15, -0.1) is 12.4 Å². The van der Waals surface area contributed by atoms with E-state index in [9.17, 15) is 4.79 Å². The number of aryl methyl sites for hydroxylation is 1. The molecule has 21 heavy (non-hydrogen) atoms. The van der Waals surface area contributed by atoms with E-state index in [4.69, 9.17) is 0 Å². The van der Waals surface area contributed by atoms with Gasteiger partial charge in [0.25, 0.3) is 0 Å². The average molecular weight is 309 g/mol. The Labute approximate surface area is 133 Å². The Bertz CT molecular complexity index is 491. The van der Waals surface area contributed by atoms with Gasteiger partial charge < -0.3 is 10.2 Å². The maximum Gasteiger partial charge on any atom is 0.223 e. The summed E-state index contributed by atoms with van der Waals surface area (Å²) in [5.41, 5.74) is 2.86. The topological polar surface area (TPSA) is 32.3 Å². The predicted octanol–water partition coefficient (Wildman–Crippen LogP) is 2.74. The Hall–Kier alpha value is -1.06. The lowest BCUT2D eigenvalue weighted by atomic mass is 9.81. The molecule has 1 heterocycles. The minimum Gasteiger partial charge on any atom is -0.340 e. The first-order chi connectivity index (χ1) is 9.74. The van der Waals surface area contributed by atoms with Crippen molar-refractivity contribution >= 4 is 18.3 Å². The zero-order valence-corrected chi connectivity index (χ0v) is 13.5. The Balaban J connectivity index is 0.00000161. The van der Waals surface area contributed by atoms with Crippen molar-refractivity contribution in [3.63, 3.8) is 0 Å². The SMILES string of the molecule is CC1CN(C(=O)CC2CCCc3ccccc32)CCN1.Cl. The number of hydrogen-bond donors (Lipinski definition) is 1. The van der Waals surface area contributed by atoms with Crippen LogP contribution in [-0.4, -0.2) is 36.5 Å². The van der Waals surface area contributed by atoms with E-state index in [1.165, 1.54) is 24.0 Å². The minimum absolute atomic E-state index is 0. The van der Waals surface area contributed by atoms with Crippen LogP contribution in [0.5, 0.6) is 0 Å². The van der Waals surface area contributed by atoms with Crippen LogP contribution >= 0.6 is 12.4 Å². The molecule has 1 saturated heterocycles. The Morgan fingerprint density at radius 1 is 1.38 bits per heavy atom. The molecule has 1 aliphatic carbocycles. The molecule has 1 fully saturated rings. The van der Waals surface area contributed by atoms with Gasteiger partial charge in [-0.1, -0.05) is 24.3 Å². The van der Waals surface area contributed by atoms with Crippen LogP contribution in [0.4, 0.5) is 0 Å². The summed E-state index contributed by atoms with van der Waals surface area (Å²) in [7, 11) is 0. The Kier molecular flexibility index (Phi) is 5.65. The summed E-state index contributed by atoms with van der Waals surface area (Å²) in [5.74, 6) is 0.762. The van der Waals surface area contributed by atoms with E-state index in [0.29, 0.717) is 24.3 Å². The van der Waals surface area contributed by atoms with Crippen molar-refractivity contribution in [3.05, 3.63) is 35.4 Å². The summed E-state index contributed by atoms with van der Waals surface area (Å²) in [4.78, 5) is 14.6. The second-order valence-electron chi connectivity index (χ2n) is 6.19. The molecule has 2 atom stereocenters. The number of nitrogens with zero attached hydrogens (tertiary/aromatic N) is 1. The van der Waals surface area contributed by atoms with Gasteiger partial charge in [0.2, 0.25) is 5.91 Å². The fourth-order valence-electron chi connectivity index (χ4n) is 3.57. The number of carbonyl (C=O) groups excluding carboxylic acids is 1. The van der Waals surface area contributed by atoms with Gasteiger partial charge in [0.15, 0.2) is 0 Å². The fraction of sp³-hybridized carbons (Fsp3) is 0.588. The standard InChI is InChI=1S/C17H24N2O.ClH/c1-13-12-19(10-9-18-13)17(20)11-15-7-4-6-14-5-2-3-8-16(14)15;/h2-3,5,8,13,15,18H,4,6-7,9-12H2,1H3;1H. The number of hydrogen-bond acceptors (Lipinski definition) is 2. The first-order valence-electron chi connectivity index (χ1n) is 7.83. The zero-order chi connectivity index (χ0) is 13.9. The summed E-state index contributed by atoms with van der Waals surface area (Å²) in [6.07, 6.45) is 4.23. The second-order valence-corrected chi connectivity index (χ2v) is 6.19. The summed E-state index contributed by atoms with van der Waals surface area (Å²) < 4.78 is 0. The van der Waals surface area contributed by atoms with Crippen molar-refractivity contribution in [1.82, 2.24) is 10.2 Å². The molecule has 2 unspecified atom stereocenters. The van der Waals surface area contributed by atoms with Gasteiger partial charge in [-0.25, -0.2) is 0 Å². The van der Waals surface area contributed by atoms with Gasteiger partial charge in [0.05, 0.1) is 0 Å². The van der Waals surface area contributed by atoms with Crippen molar-refractivity contribution in [1.29, 1.82) is 0 Å². The van der Waals surface area contributed by atoms with E-state index < -0.39 is 0 Å². The fourth-order valence-corrected chi connectivity index (χ4v) is 3.57. The molecule has 3 rings (SSSR count). The highest BCUT2D eigenvalue weighted by Crippen LogP contribution is 2.34.